The number of sulfone groups is 1. The molecule has 16 heteroatoms. The van der Waals surface area contributed by atoms with Crippen LogP contribution >= 0.6 is 0 Å². The number of fused-ring (bicyclic) bond motifs is 1. The first-order valence-corrected chi connectivity index (χ1v) is 15.2. The topological polar surface area (TPSA) is 158 Å². The lowest BCUT2D eigenvalue weighted by Crippen LogP contribution is -2.51. The van der Waals surface area contributed by atoms with Crippen LogP contribution in [0.3, 0.4) is 0 Å². The average Bonchev–Trinajstić information content (AvgIpc) is 3.39. The van der Waals surface area contributed by atoms with Crippen molar-refractivity contribution in [3.8, 4) is 11.3 Å². The van der Waals surface area contributed by atoms with Gasteiger partial charge in [0.2, 0.25) is 11.9 Å². The van der Waals surface area contributed by atoms with Gasteiger partial charge in [0.05, 0.1) is 16.1 Å². The van der Waals surface area contributed by atoms with Crippen LogP contribution in [0.5, 0.6) is 0 Å². The van der Waals surface area contributed by atoms with Gasteiger partial charge in [-0.1, -0.05) is 26.0 Å². The van der Waals surface area contributed by atoms with Gasteiger partial charge < -0.3 is 20.6 Å². The molecule has 0 aliphatic carbocycles. The van der Waals surface area contributed by atoms with Crippen LogP contribution in [0.15, 0.2) is 41.3 Å². The van der Waals surface area contributed by atoms with Gasteiger partial charge in [-0.3, -0.25) is 9.69 Å². The molecule has 0 radical (unpaired) electrons. The maximum Gasteiger partial charge on any atom is 0.407 e. The Hall–Kier alpha value is -4.21. The summed E-state index contributed by atoms with van der Waals surface area (Å²) in [5.41, 5.74) is 1.04. The van der Waals surface area contributed by atoms with Crippen molar-refractivity contribution in [3.63, 3.8) is 0 Å². The number of nitrogens with zero attached hydrogens (tertiary/aromatic N) is 5. The number of rotatable bonds is 9. The molecule has 0 spiro atoms. The number of carboxylic acid groups (broad SMARTS) is 1. The number of halogens is 3. The molecule has 0 bridgehead atoms. The lowest BCUT2D eigenvalue weighted by molar-refractivity contribution is -0.136. The van der Waals surface area contributed by atoms with Crippen molar-refractivity contribution in [2.75, 3.05) is 43.6 Å². The summed E-state index contributed by atoms with van der Waals surface area (Å²) >= 11 is 0. The fraction of sp³-hybridized carbons (Fsp3) is 0.444. The summed E-state index contributed by atoms with van der Waals surface area (Å²) in [5, 5.41) is 14.8. The number of hydrogen-bond acceptors (Lipinski definition) is 9. The second-order valence-corrected chi connectivity index (χ2v) is 12.7. The minimum absolute atomic E-state index is 0.0214. The van der Waals surface area contributed by atoms with Gasteiger partial charge in [-0.15, -0.1) is 0 Å². The fourth-order valence-electron chi connectivity index (χ4n) is 4.90. The molecular weight excluding hydrogens is 591 g/mol. The predicted octanol–water partition coefficient (Wildman–Crippen LogP) is 3.72. The Balaban J connectivity index is 1.62. The molecule has 4 rings (SSSR count). The van der Waals surface area contributed by atoms with Crippen LogP contribution in [-0.4, -0.2) is 101 Å². The van der Waals surface area contributed by atoms with Gasteiger partial charge in [-0.05, 0) is 36.6 Å². The van der Waals surface area contributed by atoms with Crippen molar-refractivity contribution in [2.45, 2.75) is 43.4 Å². The zero-order chi connectivity index (χ0) is 31.7. The summed E-state index contributed by atoms with van der Waals surface area (Å²) in [6.07, 6.45) is -4.22. The maximum absolute atomic E-state index is 13.2. The van der Waals surface area contributed by atoms with E-state index in [9.17, 15) is 36.3 Å². The quantitative estimate of drug-likeness (QED) is 0.321. The van der Waals surface area contributed by atoms with E-state index in [1.54, 1.807) is 43.0 Å². The van der Waals surface area contributed by atoms with E-state index in [0.717, 1.165) is 11.2 Å². The van der Waals surface area contributed by atoms with Crippen LogP contribution in [0.4, 0.5) is 29.7 Å². The van der Waals surface area contributed by atoms with E-state index in [0.29, 0.717) is 24.2 Å². The minimum Gasteiger partial charge on any atom is -0.465 e. The molecule has 1 aliphatic heterocycles. The molecule has 1 aromatic carbocycles. The summed E-state index contributed by atoms with van der Waals surface area (Å²) in [5.74, 6) is -0.765. The van der Waals surface area contributed by atoms with Crippen molar-refractivity contribution < 1.29 is 36.3 Å². The van der Waals surface area contributed by atoms with Crippen molar-refractivity contribution >= 4 is 44.6 Å². The van der Waals surface area contributed by atoms with Gasteiger partial charge in [-0.2, -0.15) is 18.2 Å². The molecule has 12 nitrogen and oxygen atoms in total. The lowest BCUT2D eigenvalue weighted by atomic mass is 10.0. The van der Waals surface area contributed by atoms with Gasteiger partial charge >= 0.3 is 12.3 Å². The zero-order valence-electron chi connectivity index (χ0n) is 23.9. The van der Waals surface area contributed by atoms with E-state index in [4.69, 9.17) is 0 Å². The summed E-state index contributed by atoms with van der Waals surface area (Å²) in [7, 11) is -2.16. The molecule has 1 saturated heterocycles. The van der Waals surface area contributed by atoms with Crippen molar-refractivity contribution in [1.29, 1.82) is 0 Å². The van der Waals surface area contributed by atoms with E-state index >= 15 is 0 Å². The third-order valence-electron chi connectivity index (χ3n) is 6.99. The Kier molecular flexibility index (Phi) is 8.99. The molecule has 0 unspecified atom stereocenters. The fourth-order valence-corrected chi connectivity index (χ4v) is 5.56. The molecule has 1 aliphatic rings. The van der Waals surface area contributed by atoms with Crippen LogP contribution in [0.2, 0.25) is 0 Å². The first kappa shape index (κ1) is 31.7. The second-order valence-electron chi connectivity index (χ2n) is 10.7. The molecule has 1 fully saturated rings. The first-order chi connectivity index (χ1) is 20.0. The van der Waals surface area contributed by atoms with E-state index < -0.39 is 34.7 Å². The number of aromatic nitrogens is 3. The Bertz CT molecular complexity index is 1630. The Morgan fingerprint density at radius 2 is 1.88 bits per heavy atom. The molecule has 3 heterocycles. The number of anilines is 2. The van der Waals surface area contributed by atoms with Gasteiger partial charge in [0, 0.05) is 38.0 Å². The molecule has 3 aromatic rings. The van der Waals surface area contributed by atoms with Crippen LogP contribution < -0.4 is 10.6 Å². The second kappa shape index (κ2) is 12.2. The summed E-state index contributed by atoms with van der Waals surface area (Å²) < 4.78 is 63.4. The van der Waals surface area contributed by atoms with E-state index in [1.165, 1.54) is 19.2 Å². The standard InChI is InChI=1S/C27H32F3N7O5S/c1-15(2)22(36(3)26(39)40)24(38)37-11-10-17(13-37)32-25-34-20-9-8-19(16-6-5-7-18(12-16)43(4,41)42)33-21(20)23(35-25)31-14-27(28,29)30/h5-9,12,15,17,22H,10-11,13-14H2,1-4H3,(H,39,40)(H2,31,32,34,35)/t17-,22+/m0/s1. The normalized spacial score (nSPS) is 16.4. The SMILES string of the molecule is CC(C)[C@H](C(=O)N1CC[C@H](Nc2nc(NCC(F)(F)F)c3nc(-c4cccc(S(C)(=O)=O)c4)ccc3n2)C1)N(C)C(=O)O. The number of carbonyl (C=O) groups is 2. The highest BCUT2D eigenvalue weighted by Crippen LogP contribution is 2.28. The highest BCUT2D eigenvalue weighted by Gasteiger charge is 2.36. The first-order valence-electron chi connectivity index (χ1n) is 13.3. The highest BCUT2D eigenvalue weighted by atomic mass is 32.2. The number of alkyl halides is 3. The number of benzene rings is 1. The Labute approximate surface area is 246 Å². The molecule has 3 N–H and O–H groups in total. The van der Waals surface area contributed by atoms with E-state index in [-0.39, 0.29) is 52.1 Å². The van der Waals surface area contributed by atoms with Gasteiger partial charge in [0.15, 0.2) is 15.7 Å². The number of nitrogens with one attached hydrogen (secondary N) is 2. The number of pyridine rings is 1. The van der Waals surface area contributed by atoms with Gasteiger partial charge in [0.25, 0.3) is 0 Å². The predicted molar refractivity (Wildman–Crippen MR) is 153 cm³/mol. The van der Waals surface area contributed by atoms with Crippen molar-refractivity contribution in [3.05, 3.63) is 36.4 Å². The molecule has 2 atom stereocenters. The molecule has 2 amide bonds. The van der Waals surface area contributed by atoms with Crippen LogP contribution in [0.1, 0.15) is 20.3 Å². The summed E-state index contributed by atoms with van der Waals surface area (Å²) in [6.45, 7) is 2.70. The minimum atomic E-state index is -4.55. The molecule has 232 valence electrons. The van der Waals surface area contributed by atoms with Crippen LogP contribution in [-0.2, 0) is 14.6 Å². The monoisotopic (exact) mass is 623 g/mol. The number of hydrogen-bond donors (Lipinski definition) is 3. The number of likely N-dealkylation sites (N-methyl/N-ethyl adjacent to an activating group) is 1. The molecular formula is C27H32F3N7O5S. The molecule has 43 heavy (non-hydrogen) atoms. The van der Waals surface area contributed by atoms with Gasteiger partial charge in [0.1, 0.15) is 18.1 Å². The smallest absolute Gasteiger partial charge is 0.407 e. The molecule has 0 saturated carbocycles. The summed E-state index contributed by atoms with van der Waals surface area (Å²) in [4.78, 5) is 40.4. The third kappa shape index (κ3) is 7.60. The van der Waals surface area contributed by atoms with E-state index in [1.807, 2.05) is 0 Å². The Morgan fingerprint density at radius 1 is 1.16 bits per heavy atom. The van der Waals surface area contributed by atoms with Gasteiger partial charge in [-0.25, -0.2) is 23.2 Å². The van der Waals surface area contributed by atoms with Crippen LogP contribution in [0.25, 0.3) is 22.3 Å². The number of carbonyl (C=O) groups excluding carboxylic acids is 1. The lowest BCUT2D eigenvalue weighted by Gasteiger charge is -2.31. The summed E-state index contributed by atoms with van der Waals surface area (Å²) in [6, 6.07) is 7.95. The maximum atomic E-state index is 13.2. The highest BCUT2D eigenvalue weighted by molar-refractivity contribution is 7.90. The number of likely N-dealkylation sites (tertiary alicyclic amines) is 1. The van der Waals surface area contributed by atoms with Crippen molar-refractivity contribution in [1.82, 2.24) is 24.8 Å². The largest absolute Gasteiger partial charge is 0.465 e. The third-order valence-corrected chi connectivity index (χ3v) is 8.10. The average molecular weight is 624 g/mol. The van der Waals surface area contributed by atoms with Crippen molar-refractivity contribution in [2.24, 2.45) is 5.92 Å². The number of amides is 2. The zero-order valence-corrected chi connectivity index (χ0v) is 24.7. The van der Waals surface area contributed by atoms with E-state index in [2.05, 4.69) is 25.6 Å². The van der Waals surface area contributed by atoms with Crippen LogP contribution in [0, 0.1) is 5.92 Å². The molecule has 2 aromatic heterocycles. The Morgan fingerprint density at radius 3 is 2.51 bits per heavy atom.